The molecule has 94 valence electrons. The van der Waals surface area contributed by atoms with Crippen molar-refractivity contribution in [3.63, 3.8) is 0 Å². The lowest BCUT2D eigenvalue weighted by molar-refractivity contribution is -0.115. The summed E-state index contributed by atoms with van der Waals surface area (Å²) in [7, 11) is -3.49. The van der Waals surface area contributed by atoms with E-state index in [2.05, 4.69) is 21.2 Å². The topological polar surface area (TPSA) is 63.2 Å². The van der Waals surface area contributed by atoms with Crippen molar-refractivity contribution < 1.29 is 17.6 Å². The van der Waals surface area contributed by atoms with E-state index in [1.54, 1.807) is 6.07 Å². The molecule has 0 heterocycles. The van der Waals surface area contributed by atoms with E-state index in [9.17, 15) is 17.6 Å². The molecule has 0 radical (unpaired) electrons. The highest BCUT2D eigenvalue weighted by Gasteiger charge is 2.24. The van der Waals surface area contributed by atoms with Crippen molar-refractivity contribution in [2.45, 2.75) is 12.2 Å². The minimum atomic E-state index is -3.49. The number of benzene rings is 1. The highest BCUT2D eigenvalue weighted by Crippen LogP contribution is 2.19. The van der Waals surface area contributed by atoms with E-state index < -0.39 is 26.8 Å². The number of hydrogen-bond donors (Lipinski definition) is 1. The van der Waals surface area contributed by atoms with Gasteiger partial charge >= 0.3 is 0 Å². The fourth-order valence-corrected chi connectivity index (χ4v) is 1.80. The van der Waals surface area contributed by atoms with Gasteiger partial charge < -0.3 is 5.32 Å². The molecule has 4 nitrogen and oxygen atoms in total. The van der Waals surface area contributed by atoms with Gasteiger partial charge in [-0.25, -0.2) is 12.8 Å². The van der Waals surface area contributed by atoms with Gasteiger partial charge in [0.05, 0.1) is 5.69 Å². The van der Waals surface area contributed by atoms with Crippen LogP contribution in [-0.4, -0.2) is 25.8 Å². The van der Waals surface area contributed by atoms with Crippen LogP contribution in [0.4, 0.5) is 10.1 Å². The van der Waals surface area contributed by atoms with Gasteiger partial charge in [0.25, 0.3) is 0 Å². The Labute approximate surface area is 107 Å². The Hall–Kier alpha value is -0.950. The van der Waals surface area contributed by atoms with Gasteiger partial charge in [-0.3, -0.25) is 4.79 Å². The molecule has 0 aliphatic rings. The zero-order valence-corrected chi connectivity index (χ0v) is 11.6. The number of anilines is 1. The molecule has 0 spiro atoms. The molecule has 0 aliphatic heterocycles. The number of halogens is 2. The lowest BCUT2D eigenvalue weighted by atomic mass is 10.3. The third kappa shape index (κ3) is 3.78. The smallest absolute Gasteiger partial charge is 0.242 e. The van der Waals surface area contributed by atoms with E-state index in [0.717, 1.165) is 6.26 Å². The highest BCUT2D eigenvalue weighted by molar-refractivity contribution is 9.10. The van der Waals surface area contributed by atoms with Crippen LogP contribution in [0, 0.1) is 5.82 Å². The monoisotopic (exact) mass is 323 g/mol. The minimum Gasteiger partial charge on any atom is -0.322 e. The normalized spacial score (nSPS) is 13.2. The summed E-state index contributed by atoms with van der Waals surface area (Å²) in [5.41, 5.74) is -0.0475. The molecular weight excluding hydrogens is 313 g/mol. The first-order valence-corrected chi connectivity index (χ1v) is 7.41. The summed E-state index contributed by atoms with van der Waals surface area (Å²) in [4.78, 5) is 11.5. The molecule has 1 amide bonds. The molecule has 1 atom stereocenters. The second-order valence-corrected chi connectivity index (χ2v) is 6.87. The summed E-state index contributed by atoms with van der Waals surface area (Å²) < 4.78 is 36.2. The Balaban J connectivity index is 2.89. The first-order chi connectivity index (χ1) is 7.71. The Morgan fingerprint density at radius 1 is 1.47 bits per heavy atom. The maximum Gasteiger partial charge on any atom is 0.242 e. The Morgan fingerprint density at radius 3 is 2.53 bits per heavy atom. The van der Waals surface area contributed by atoms with Gasteiger partial charge in [-0.2, -0.15) is 0 Å². The standard InChI is InChI=1S/C10H11BrFNO3S/c1-6(17(2,15)16)10(14)13-9-4-3-7(11)5-8(9)12/h3-6H,1-2H3,(H,13,14). The predicted molar refractivity (Wildman–Crippen MR) is 67.0 cm³/mol. The van der Waals surface area contributed by atoms with Crippen LogP contribution in [0.1, 0.15) is 6.92 Å². The van der Waals surface area contributed by atoms with Gasteiger partial charge in [0.15, 0.2) is 9.84 Å². The van der Waals surface area contributed by atoms with E-state index in [4.69, 9.17) is 0 Å². The van der Waals surface area contributed by atoms with Crippen LogP contribution in [0.25, 0.3) is 0 Å². The van der Waals surface area contributed by atoms with Crippen molar-refractivity contribution in [3.05, 3.63) is 28.5 Å². The first kappa shape index (κ1) is 14.1. The summed E-state index contributed by atoms with van der Waals surface area (Å²) in [5.74, 6) is -1.39. The summed E-state index contributed by atoms with van der Waals surface area (Å²) >= 11 is 3.07. The van der Waals surface area contributed by atoms with Crippen molar-refractivity contribution in [1.82, 2.24) is 0 Å². The molecule has 0 bridgehead atoms. The number of carbonyl (C=O) groups excluding carboxylic acids is 1. The summed E-state index contributed by atoms with van der Waals surface area (Å²) in [6.45, 7) is 1.25. The molecule has 1 N–H and O–H groups in total. The lowest BCUT2D eigenvalue weighted by Crippen LogP contribution is -2.32. The van der Waals surface area contributed by atoms with Gasteiger partial charge in [0, 0.05) is 10.7 Å². The van der Waals surface area contributed by atoms with E-state index in [1.807, 2.05) is 0 Å². The molecule has 1 unspecified atom stereocenters. The van der Waals surface area contributed by atoms with Crippen LogP contribution >= 0.6 is 15.9 Å². The fourth-order valence-electron chi connectivity index (χ4n) is 1.02. The second kappa shape index (κ2) is 5.14. The third-order valence-electron chi connectivity index (χ3n) is 2.20. The summed E-state index contributed by atoms with van der Waals surface area (Å²) in [6, 6.07) is 4.08. The number of sulfone groups is 1. The maximum atomic E-state index is 13.4. The Bertz CT molecular complexity index is 544. The Morgan fingerprint density at radius 2 is 2.06 bits per heavy atom. The van der Waals surface area contributed by atoms with Crippen LogP contribution < -0.4 is 5.32 Å². The van der Waals surface area contributed by atoms with Crippen molar-refractivity contribution in [3.8, 4) is 0 Å². The quantitative estimate of drug-likeness (QED) is 0.924. The zero-order chi connectivity index (χ0) is 13.2. The largest absolute Gasteiger partial charge is 0.322 e. The fraction of sp³-hybridized carbons (Fsp3) is 0.300. The van der Waals surface area contributed by atoms with Gasteiger partial charge in [-0.1, -0.05) is 15.9 Å². The predicted octanol–water partition coefficient (Wildman–Crippen LogP) is 1.96. The number of amides is 1. The number of rotatable bonds is 3. The average Bonchev–Trinajstić information content (AvgIpc) is 2.19. The van der Waals surface area contributed by atoms with E-state index in [0.29, 0.717) is 4.47 Å². The second-order valence-electron chi connectivity index (χ2n) is 3.59. The van der Waals surface area contributed by atoms with Crippen molar-refractivity contribution in [1.29, 1.82) is 0 Å². The van der Waals surface area contributed by atoms with E-state index in [-0.39, 0.29) is 5.69 Å². The summed E-state index contributed by atoms with van der Waals surface area (Å²) in [6.07, 6.45) is 0.954. The lowest BCUT2D eigenvalue weighted by Gasteiger charge is -2.11. The minimum absolute atomic E-state index is 0.0475. The van der Waals surface area contributed by atoms with Crippen molar-refractivity contribution in [2.75, 3.05) is 11.6 Å². The molecule has 0 saturated heterocycles. The van der Waals surface area contributed by atoms with Crippen LogP contribution in [0.15, 0.2) is 22.7 Å². The Kier molecular flexibility index (Phi) is 4.26. The van der Waals surface area contributed by atoms with Gasteiger partial charge in [0.2, 0.25) is 5.91 Å². The number of hydrogen-bond acceptors (Lipinski definition) is 3. The number of nitrogens with one attached hydrogen (secondary N) is 1. The molecule has 0 fully saturated rings. The SMILES string of the molecule is CC(C(=O)Nc1ccc(Br)cc1F)S(C)(=O)=O. The van der Waals surface area contributed by atoms with Crippen molar-refractivity contribution >= 4 is 37.4 Å². The molecule has 7 heteroatoms. The van der Waals surface area contributed by atoms with Gasteiger partial charge in [0.1, 0.15) is 11.1 Å². The van der Waals surface area contributed by atoms with E-state index >= 15 is 0 Å². The molecule has 17 heavy (non-hydrogen) atoms. The van der Waals surface area contributed by atoms with Gasteiger partial charge in [-0.05, 0) is 25.1 Å². The van der Waals surface area contributed by atoms with Crippen molar-refractivity contribution in [2.24, 2.45) is 0 Å². The van der Waals surface area contributed by atoms with Crippen LogP contribution in [0.5, 0.6) is 0 Å². The molecule has 1 aromatic rings. The molecule has 0 saturated carbocycles. The van der Waals surface area contributed by atoms with E-state index in [1.165, 1.54) is 19.1 Å². The molecule has 0 aromatic heterocycles. The molecule has 1 rings (SSSR count). The first-order valence-electron chi connectivity index (χ1n) is 4.66. The van der Waals surface area contributed by atoms with Crippen LogP contribution in [0.3, 0.4) is 0 Å². The zero-order valence-electron chi connectivity index (χ0n) is 9.20. The maximum absolute atomic E-state index is 13.4. The third-order valence-corrected chi connectivity index (χ3v) is 4.19. The van der Waals surface area contributed by atoms with Crippen LogP contribution in [-0.2, 0) is 14.6 Å². The molecule has 1 aromatic carbocycles. The average molecular weight is 324 g/mol. The summed E-state index contributed by atoms with van der Waals surface area (Å²) in [5, 5.41) is 1.01. The highest BCUT2D eigenvalue weighted by atomic mass is 79.9. The van der Waals surface area contributed by atoms with Gasteiger partial charge in [-0.15, -0.1) is 0 Å². The number of carbonyl (C=O) groups is 1. The molecular formula is C10H11BrFNO3S. The van der Waals surface area contributed by atoms with Crippen LogP contribution in [0.2, 0.25) is 0 Å². The molecule has 0 aliphatic carbocycles.